The Bertz CT molecular complexity index is 194. The molecule has 0 aromatic carbocycles. The second-order valence-electron chi connectivity index (χ2n) is 3.60. The molecule has 0 spiro atoms. The van der Waals surface area contributed by atoms with E-state index < -0.39 is 0 Å². The lowest BCUT2D eigenvalue weighted by atomic mass is 9.83. The minimum absolute atomic E-state index is 0.187. The highest BCUT2D eigenvalue weighted by atomic mass is 16.1. The number of hydrogen-bond donors (Lipinski definition) is 1. The summed E-state index contributed by atoms with van der Waals surface area (Å²) in [7, 11) is 0. The molecule has 1 unspecified atom stereocenters. The number of rotatable bonds is 1. The van der Waals surface area contributed by atoms with Crippen molar-refractivity contribution >= 4 is 5.78 Å². The van der Waals surface area contributed by atoms with Crippen LogP contribution in [0.4, 0.5) is 0 Å². The van der Waals surface area contributed by atoms with Crippen LogP contribution in [0.3, 0.4) is 0 Å². The SMILES string of the molecule is CC(C)C1CC(=O)C=C(N)C1. The van der Waals surface area contributed by atoms with Crippen LogP contribution in [0.1, 0.15) is 26.7 Å². The molecule has 0 aromatic rings. The first-order valence-corrected chi connectivity index (χ1v) is 4.08. The van der Waals surface area contributed by atoms with Gasteiger partial charge < -0.3 is 5.73 Å². The minimum Gasteiger partial charge on any atom is -0.402 e. The summed E-state index contributed by atoms with van der Waals surface area (Å²) in [6, 6.07) is 0. The van der Waals surface area contributed by atoms with Gasteiger partial charge in [0.15, 0.2) is 5.78 Å². The zero-order valence-corrected chi connectivity index (χ0v) is 7.13. The monoisotopic (exact) mass is 153 g/mol. The fourth-order valence-corrected chi connectivity index (χ4v) is 1.43. The molecule has 0 aliphatic heterocycles. The fraction of sp³-hybridized carbons (Fsp3) is 0.667. The predicted molar refractivity (Wildman–Crippen MR) is 44.8 cm³/mol. The second kappa shape index (κ2) is 3.07. The summed E-state index contributed by atoms with van der Waals surface area (Å²) in [4.78, 5) is 11.0. The summed E-state index contributed by atoms with van der Waals surface area (Å²) in [5.74, 6) is 1.21. The molecular weight excluding hydrogens is 138 g/mol. The van der Waals surface area contributed by atoms with E-state index in [1.165, 1.54) is 0 Å². The Balaban J connectivity index is 2.64. The van der Waals surface area contributed by atoms with Gasteiger partial charge >= 0.3 is 0 Å². The smallest absolute Gasteiger partial charge is 0.157 e. The first kappa shape index (κ1) is 8.31. The molecule has 11 heavy (non-hydrogen) atoms. The van der Waals surface area contributed by atoms with E-state index in [2.05, 4.69) is 13.8 Å². The van der Waals surface area contributed by atoms with Gasteiger partial charge in [-0.1, -0.05) is 13.8 Å². The molecule has 1 aliphatic rings. The molecule has 1 rings (SSSR count). The van der Waals surface area contributed by atoms with Crippen LogP contribution in [0, 0.1) is 11.8 Å². The summed E-state index contributed by atoms with van der Waals surface area (Å²) in [6.45, 7) is 4.27. The van der Waals surface area contributed by atoms with E-state index in [9.17, 15) is 4.79 Å². The number of ketones is 1. The summed E-state index contributed by atoms with van der Waals surface area (Å²) in [5, 5.41) is 0. The lowest BCUT2D eigenvalue weighted by Crippen LogP contribution is -2.21. The fourth-order valence-electron chi connectivity index (χ4n) is 1.43. The van der Waals surface area contributed by atoms with E-state index in [0.717, 1.165) is 12.1 Å². The molecule has 62 valence electrons. The maximum Gasteiger partial charge on any atom is 0.157 e. The van der Waals surface area contributed by atoms with Crippen molar-refractivity contribution in [1.29, 1.82) is 0 Å². The average molecular weight is 153 g/mol. The van der Waals surface area contributed by atoms with Gasteiger partial charge in [-0.2, -0.15) is 0 Å². The van der Waals surface area contributed by atoms with Crippen LogP contribution in [0.15, 0.2) is 11.8 Å². The molecule has 1 aliphatic carbocycles. The first-order valence-electron chi connectivity index (χ1n) is 4.08. The second-order valence-corrected chi connectivity index (χ2v) is 3.60. The van der Waals surface area contributed by atoms with Crippen LogP contribution in [0.5, 0.6) is 0 Å². The Morgan fingerprint density at radius 2 is 2.18 bits per heavy atom. The Kier molecular flexibility index (Phi) is 2.32. The van der Waals surface area contributed by atoms with E-state index in [-0.39, 0.29) is 5.78 Å². The Labute approximate surface area is 67.5 Å². The third-order valence-corrected chi connectivity index (χ3v) is 2.25. The van der Waals surface area contributed by atoms with Gasteiger partial charge in [0.25, 0.3) is 0 Å². The lowest BCUT2D eigenvalue weighted by Gasteiger charge is -2.22. The molecule has 0 bridgehead atoms. The van der Waals surface area contributed by atoms with Gasteiger partial charge in [0, 0.05) is 12.1 Å². The molecule has 1 atom stereocenters. The van der Waals surface area contributed by atoms with Crippen LogP contribution in [0.25, 0.3) is 0 Å². The summed E-state index contributed by atoms with van der Waals surface area (Å²) in [6.07, 6.45) is 3.14. The van der Waals surface area contributed by atoms with Gasteiger partial charge in [0.05, 0.1) is 0 Å². The van der Waals surface area contributed by atoms with E-state index in [1.54, 1.807) is 6.08 Å². The summed E-state index contributed by atoms with van der Waals surface area (Å²) < 4.78 is 0. The number of allylic oxidation sites excluding steroid dienone is 2. The van der Waals surface area contributed by atoms with E-state index in [0.29, 0.717) is 18.3 Å². The van der Waals surface area contributed by atoms with Gasteiger partial charge in [0.1, 0.15) is 0 Å². The summed E-state index contributed by atoms with van der Waals surface area (Å²) >= 11 is 0. The standard InChI is InChI=1S/C9H15NO/c1-6(2)7-3-8(10)5-9(11)4-7/h5-7H,3-4,10H2,1-2H3. The normalized spacial score (nSPS) is 25.5. The molecule has 2 nitrogen and oxygen atoms in total. The van der Waals surface area contributed by atoms with E-state index in [1.807, 2.05) is 0 Å². The Morgan fingerprint density at radius 3 is 2.64 bits per heavy atom. The zero-order chi connectivity index (χ0) is 8.43. The number of nitrogens with two attached hydrogens (primary N) is 1. The quantitative estimate of drug-likeness (QED) is 0.619. The van der Waals surface area contributed by atoms with Gasteiger partial charge in [-0.05, 0) is 24.3 Å². The minimum atomic E-state index is 0.187. The van der Waals surface area contributed by atoms with Gasteiger partial charge in [-0.25, -0.2) is 0 Å². The third kappa shape index (κ3) is 2.07. The van der Waals surface area contributed by atoms with Crippen molar-refractivity contribution in [3.05, 3.63) is 11.8 Å². The highest BCUT2D eigenvalue weighted by Crippen LogP contribution is 2.25. The molecule has 2 heteroatoms. The molecule has 0 radical (unpaired) electrons. The molecule has 0 saturated heterocycles. The zero-order valence-electron chi connectivity index (χ0n) is 7.13. The van der Waals surface area contributed by atoms with Crippen LogP contribution >= 0.6 is 0 Å². The van der Waals surface area contributed by atoms with Crippen molar-refractivity contribution < 1.29 is 4.79 Å². The Morgan fingerprint density at radius 1 is 1.55 bits per heavy atom. The van der Waals surface area contributed by atoms with Gasteiger partial charge in [0.2, 0.25) is 0 Å². The number of carbonyl (C=O) groups is 1. The largest absolute Gasteiger partial charge is 0.402 e. The van der Waals surface area contributed by atoms with Crippen molar-refractivity contribution in [2.75, 3.05) is 0 Å². The van der Waals surface area contributed by atoms with Crippen LogP contribution in [-0.2, 0) is 4.79 Å². The average Bonchev–Trinajstić information content (AvgIpc) is 1.85. The molecule has 0 amide bonds. The number of carbonyl (C=O) groups excluding carboxylic acids is 1. The molecule has 2 N–H and O–H groups in total. The van der Waals surface area contributed by atoms with Crippen molar-refractivity contribution in [1.82, 2.24) is 0 Å². The molecular formula is C9H15NO. The lowest BCUT2D eigenvalue weighted by molar-refractivity contribution is -0.116. The predicted octanol–water partition coefficient (Wildman–Crippen LogP) is 1.46. The van der Waals surface area contributed by atoms with Crippen LogP contribution in [0.2, 0.25) is 0 Å². The number of hydrogen-bond acceptors (Lipinski definition) is 2. The van der Waals surface area contributed by atoms with Crippen molar-refractivity contribution in [2.45, 2.75) is 26.7 Å². The van der Waals surface area contributed by atoms with Crippen molar-refractivity contribution in [2.24, 2.45) is 17.6 Å². The molecule has 0 saturated carbocycles. The maximum absolute atomic E-state index is 11.0. The van der Waals surface area contributed by atoms with Gasteiger partial charge in [-0.3, -0.25) is 4.79 Å². The maximum atomic E-state index is 11.0. The van der Waals surface area contributed by atoms with Crippen LogP contribution in [-0.4, -0.2) is 5.78 Å². The molecule has 0 fully saturated rings. The Hall–Kier alpha value is -0.790. The highest BCUT2D eigenvalue weighted by Gasteiger charge is 2.21. The first-order chi connectivity index (χ1) is 5.09. The van der Waals surface area contributed by atoms with E-state index in [4.69, 9.17) is 5.73 Å². The highest BCUT2D eigenvalue weighted by molar-refractivity contribution is 5.91. The van der Waals surface area contributed by atoms with E-state index >= 15 is 0 Å². The van der Waals surface area contributed by atoms with Crippen molar-refractivity contribution in [3.63, 3.8) is 0 Å². The van der Waals surface area contributed by atoms with Crippen molar-refractivity contribution in [3.8, 4) is 0 Å². The topological polar surface area (TPSA) is 43.1 Å². The van der Waals surface area contributed by atoms with Crippen LogP contribution < -0.4 is 5.73 Å². The molecule has 0 aromatic heterocycles. The third-order valence-electron chi connectivity index (χ3n) is 2.25. The van der Waals surface area contributed by atoms with Gasteiger partial charge in [-0.15, -0.1) is 0 Å². The summed E-state index contributed by atoms with van der Waals surface area (Å²) in [5.41, 5.74) is 6.34. The molecule has 0 heterocycles.